The lowest BCUT2D eigenvalue weighted by Gasteiger charge is -2.09. The number of rotatable bonds is 8. The molecular weight excluding hydrogens is 472 g/mol. The van der Waals surface area contributed by atoms with Gasteiger partial charge in [-0.15, -0.1) is 0 Å². The molecule has 4 rings (SSSR count). The fourth-order valence-electron chi connectivity index (χ4n) is 3.45. The Bertz CT molecular complexity index is 1470. The molecule has 9 heteroatoms. The van der Waals surface area contributed by atoms with Gasteiger partial charge in [-0.3, -0.25) is 19.2 Å². The molecule has 0 bridgehead atoms. The molecule has 1 aromatic heterocycles. The minimum atomic E-state index is -0.556. The van der Waals surface area contributed by atoms with Crippen molar-refractivity contribution in [1.29, 1.82) is 0 Å². The first-order valence-corrected chi connectivity index (χ1v) is 11.3. The van der Waals surface area contributed by atoms with Crippen LogP contribution in [0.5, 0.6) is 0 Å². The monoisotopic (exact) mass is 496 g/mol. The van der Waals surface area contributed by atoms with Crippen LogP contribution in [0.3, 0.4) is 0 Å². The molecule has 37 heavy (non-hydrogen) atoms. The number of hydrogen-bond donors (Lipinski definition) is 4. The quantitative estimate of drug-likeness (QED) is 0.246. The number of Topliss-reactive ketones (excluding diaryl/α,β-unsaturated/α-hetero) is 1. The maximum Gasteiger partial charge on any atom is 0.291 e. The Balaban J connectivity index is 1.38. The molecule has 0 radical (unpaired) electrons. The van der Waals surface area contributed by atoms with Crippen molar-refractivity contribution in [3.8, 4) is 0 Å². The van der Waals surface area contributed by atoms with E-state index in [2.05, 4.69) is 21.3 Å². The Labute approximate surface area is 212 Å². The van der Waals surface area contributed by atoms with E-state index in [0.717, 1.165) is 5.69 Å². The number of furan rings is 1. The van der Waals surface area contributed by atoms with Crippen LogP contribution in [0.25, 0.3) is 0 Å². The van der Waals surface area contributed by atoms with Crippen molar-refractivity contribution in [2.24, 2.45) is 0 Å². The summed E-state index contributed by atoms with van der Waals surface area (Å²) in [6.45, 7) is 1.46. The van der Waals surface area contributed by atoms with Crippen molar-refractivity contribution in [2.45, 2.75) is 6.92 Å². The van der Waals surface area contributed by atoms with E-state index in [9.17, 15) is 19.2 Å². The van der Waals surface area contributed by atoms with Gasteiger partial charge in [-0.05, 0) is 67.6 Å². The number of anilines is 4. The van der Waals surface area contributed by atoms with Gasteiger partial charge in [-0.2, -0.15) is 0 Å². The van der Waals surface area contributed by atoms with Crippen LogP contribution in [0.2, 0.25) is 0 Å². The number of nitrogens with one attached hydrogen (secondary N) is 4. The molecule has 0 atom stereocenters. The van der Waals surface area contributed by atoms with Crippen LogP contribution in [0, 0.1) is 0 Å². The molecule has 3 aromatic carbocycles. The van der Waals surface area contributed by atoms with E-state index in [1.165, 1.54) is 19.1 Å². The topological polar surface area (TPSA) is 130 Å². The van der Waals surface area contributed by atoms with Gasteiger partial charge in [0.05, 0.1) is 0 Å². The average molecular weight is 497 g/mol. The normalized spacial score (nSPS) is 10.3. The summed E-state index contributed by atoms with van der Waals surface area (Å²) in [5.41, 5.74) is 3.19. The van der Waals surface area contributed by atoms with Crippen molar-refractivity contribution in [1.82, 2.24) is 0 Å². The molecule has 0 unspecified atom stereocenters. The Morgan fingerprint density at radius 1 is 0.568 bits per heavy atom. The fourth-order valence-corrected chi connectivity index (χ4v) is 3.45. The highest BCUT2D eigenvalue weighted by atomic mass is 16.4. The zero-order valence-corrected chi connectivity index (χ0v) is 20.1. The number of carbonyl (C=O) groups excluding carboxylic acids is 4. The molecule has 1 heterocycles. The van der Waals surface area contributed by atoms with Crippen molar-refractivity contribution in [2.75, 3.05) is 28.3 Å². The first-order valence-electron chi connectivity index (χ1n) is 11.3. The Morgan fingerprint density at radius 3 is 1.49 bits per heavy atom. The largest absolute Gasteiger partial charge is 0.446 e. The van der Waals surface area contributed by atoms with E-state index >= 15 is 0 Å². The van der Waals surface area contributed by atoms with Crippen molar-refractivity contribution in [3.05, 3.63) is 108 Å². The van der Waals surface area contributed by atoms with Crippen LogP contribution in [-0.4, -0.2) is 30.6 Å². The van der Waals surface area contributed by atoms with Crippen LogP contribution in [0.15, 0.2) is 89.3 Å². The molecule has 3 amide bonds. The molecule has 9 nitrogen and oxygen atoms in total. The Kier molecular flexibility index (Phi) is 7.44. The summed E-state index contributed by atoms with van der Waals surface area (Å²) >= 11 is 0. The predicted octanol–water partition coefficient (Wildman–Crippen LogP) is 5.28. The molecule has 4 N–H and O–H groups in total. The lowest BCUT2D eigenvalue weighted by Crippen LogP contribution is -2.14. The highest BCUT2D eigenvalue weighted by Crippen LogP contribution is 2.20. The summed E-state index contributed by atoms with van der Waals surface area (Å²) in [5.74, 6) is -1.56. The highest BCUT2D eigenvalue weighted by molar-refractivity contribution is 6.07. The predicted molar refractivity (Wildman–Crippen MR) is 141 cm³/mol. The molecule has 0 saturated heterocycles. The van der Waals surface area contributed by atoms with Gasteiger partial charge in [0.1, 0.15) is 0 Å². The SMILES string of the molecule is CNc1cccc(NC(=O)c2ccc(C(=O)Nc3cccc(NC(=O)c4ccc(C(C)=O)cc4)c3)o2)c1. The average Bonchev–Trinajstić information content (AvgIpc) is 3.40. The first kappa shape index (κ1) is 24.9. The minimum absolute atomic E-state index is 0.0168. The molecule has 0 spiro atoms. The van der Waals surface area contributed by atoms with Crippen LogP contribution in [0.1, 0.15) is 48.7 Å². The third-order valence-corrected chi connectivity index (χ3v) is 5.39. The molecule has 0 saturated carbocycles. The van der Waals surface area contributed by atoms with Gasteiger partial charge in [0.25, 0.3) is 17.7 Å². The van der Waals surface area contributed by atoms with Crippen LogP contribution >= 0.6 is 0 Å². The zero-order valence-electron chi connectivity index (χ0n) is 20.1. The maximum atomic E-state index is 12.7. The maximum absolute atomic E-state index is 12.7. The van der Waals surface area contributed by atoms with Crippen LogP contribution in [-0.2, 0) is 0 Å². The van der Waals surface area contributed by atoms with E-state index in [1.54, 1.807) is 73.8 Å². The highest BCUT2D eigenvalue weighted by Gasteiger charge is 2.17. The van der Waals surface area contributed by atoms with E-state index in [1.807, 2.05) is 6.07 Å². The summed E-state index contributed by atoms with van der Waals surface area (Å²) in [5, 5.41) is 11.2. The Morgan fingerprint density at radius 2 is 1.00 bits per heavy atom. The molecule has 0 fully saturated rings. The smallest absolute Gasteiger partial charge is 0.291 e. The minimum Gasteiger partial charge on any atom is -0.446 e. The van der Waals surface area contributed by atoms with Crippen LogP contribution in [0.4, 0.5) is 22.7 Å². The molecular formula is C28H24N4O5. The number of hydrogen-bond acceptors (Lipinski definition) is 6. The van der Waals surface area contributed by atoms with Crippen LogP contribution < -0.4 is 21.3 Å². The van der Waals surface area contributed by atoms with Gasteiger partial charge in [0.2, 0.25) is 0 Å². The van der Waals surface area contributed by atoms with E-state index in [-0.39, 0.29) is 23.2 Å². The number of carbonyl (C=O) groups is 4. The van der Waals surface area contributed by atoms with Gasteiger partial charge in [0, 0.05) is 40.9 Å². The number of amides is 3. The number of benzene rings is 3. The molecule has 4 aromatic rings. The van der Waals surface area contributed by atoms with Gasteiger partial charge >= 0.3 is 0 Å². The standard InChI is InChI=1S/C28H24N4O5/c1-17(33)18-9-11-19(12-10-18)26(34)30-22-7-4-8-23(16-22)32-28(36)25-14-13-24(37-25)27(35)31-21-6-3-5-20(15-21)29-2/h3-16,29H,1-2H3,(H,30,34)(H,31,35)(H,32,36). The van der Waals surface area contributed by atoms with Crippen molar-refractivity contribution < 1.29 is 23.6 Å². The van der Waals surface area contributed by atoms with Gasteiger partial charge in [0.15, 0.2) is 17.3 Å². The van der Waals surface area contributed by atoms with E-state index < -0.39 is 11.8 Å². The van der Waals surface area contributed by atoms with Gasteiger partial charge < -0.3 is 25.7 Å². The second-order valence-electron chi connectivity index (χ2n) is 8.07. The van der Waals surface area contributed by atoms with Gasteiger partial charge in [-0.25, -0.2) is 0 Å². The second kappa shape index (κ2) is 11.0. The summed E-state index contributed by atoms with van der Waals surface area (Å²) in [6.07, 6.45) is 0. The molecule has 0 aliphatic rings. The summed E-state index contributed by atoms with van der Waals surface area (Å²) in [6, 6.07) is 22.9. The summed E-state index contributed by atoms with van der Waals surface area (Å²) in [4.78, 5) is 49.1. The first-order chi connectivity index (χ1) is 17.8. The second-order valence-corrected chi connectivity index (χ2v) is 8.07. The van der Waals surface area contributed by atoms with E-state index in [4.69, 9.17) is 4.42 Å². The lowest BCUT2D eigenvalue weighted by atomic mass is 10.1. The third-order valence-electron chi connectivity index (χ3n) is 5.39. The van der Waals surface area contributed by atoms with E-state index in [0.29, 0.717) is 28.2 Å². The van der Waals surface area contributed by atoms with Crippen molar-refractivity contribution >= 4 is 46.3 Å². The molecule has 186 valence electrons. The molecule has 0 aliphatic heterocycles. The summed E-state index contributed by atoms with van der Waals surface area (Å²) in [7, 11) is 1.77. The van der Waals surface area contributed by atoms with Gasteiger partial charge in [-0.1, -0.05) is 24.3 Å². The zero-order chi connectivity index (χ0) is 26.4. The molecule has 0 aliphatic carbocycles. The number of ketones is 1. The van der Waals surface area contributed by atoms with Crippen molar-refractivity contribution in [3.63, 3.8) is 0 Å². The lowest BCUT2D eigenvalue weighted by molar-refractivity contribution is 0.0970. The Hall–Kier alpha value is -5.18. The third kappa shape index (κ3) is 6.29. The summed E-state index contributed by atoms with van der Waals surface area (Å²) < 4.78 is 5.45. The fraction of sp³-hybridized carbons (Fsp3) is 0.0714.